The summed E-state index contributed by atoms with van der Waals surface area (Å²) in [5, 5.41) is 3.11. The van der Waals surface area contributed by atoms with Crippen molar-refractivity contribution in [3.63, 3.8) is 0 Å². The van der Waals surface area contributed by atoms with Crippen molar-refractivity contribution in [3.05, 3.63) is 29.3 Å². The molecule has 19 nitrogen and oxygen atoms in total. The van der Waals surface area contributed by atoms with E-state index in [1.807, 2.05) is 0 Å². The molecule has 0 radical (unpaired) electrons. The summed E-state index contributed by atoms with van der Waals surface area (Å²) < 4.78 is 52.9. The molecular weight excluding hydrogens is 678 g/mol. The van der Waals surface area contributed by atoms with Gasteiger partial charge in [0.1, 0.15) is 36.5 Å². The fourth-order valence-corrected chi connectivity index (χ4v) is 8.47. The second kappa shape index (κ2) is 12.9. The Kier molecular flexibility index (Phi) is 8.92. The van der Waals surface area contributed by atoms with Gasteiger partial charge in [0.05, 0.1) is 38.1 Å². The number of nitrogens with one attached hydrogen (secondary N) is 2. The van der Waals surface area contributed by atoms with Gasteiger partial charge in [-0.3, -0.25) is 23.5 Å². The van der Waals surface area contributed by atoms with E-state index in [2.05, 4.69) is 42.1 Å². The summed E-state index contributed by atoms with van der Waals surface area (Å²) in [5.74, 6) is 0.520. The van der Waals surface area contributed by atoms with Crippen LogP contribution in [0.3, 0.4) is 0 Å². The maximum Gasteiger partial charge on any atom is 0.328 e. The summed E-state index contributed by atoms with van der Waals surface area (Å²) in [4.78, 5) is 47.8. The van der Waals surface area contributed by atoms with Crippen LogP contribution in [0.15, 0.2) is 23.8 Å². The van der Waals surface area contributed by atoms with Crippen LogP contribution >= 0.6 is 14.3 Å². The Bertz CT molecular complexity index is 1940. The normalized spacial score (nSPS) is 33.3. The van der Waals surface area contributed by atoms with Gasteiger partial charge < -0.3 is 43.5 Å². The van der Waals surface area contributed by atoms with Gasteiger partial charge >= 0.3 is 14.3 Å². The van der Waals surface area contributed by atoms with Crippen molar-refractivity contribution in [2.75, 3.05) is 37.5 Å². The summed E-state index contributed by atoms with van der Waals surface area (Å²) in [6, 6.07) is 0. The second-order valence-electron chi connectivity index (χ2n) is 11.5. The standard InChI is InChI=1S/C25H34N10O9P2S/c1-3-4-5-27-25-32-23-20(24(36)33-25)31-12-35(23)18-6-13-16(42-18)9-40-46(38,47)44-14-7-17(41-15(14)8-39-45(2,37)43-13)34-11-30-19-21(26)28-10-29-22(19)34/h10-18H,3-9H2,1-2H3,(H,38,47)(H2,26,28,29)(H2,27,32,33,36)/t13-,14-,15+,16+,17+,18+,45?,46?/m0/s1. The molecular formula is C25H34N10O9P2S. The number of rotatable bonds is 6. The van der Waals surface area contributed by atoms with Gasteiger partial charge in [0, 0.05) is 26.1 Å². The molecule has 4 aromatic rings. The lowest BCUT2D eigenvalue weighted by Gasteiger charge is -2.29. The SMILES string of the molecule is CCCCNc1nc2c(ncn2[C@H]2C[C@@H]3OP(C)(=O)OC[C@H]4O[C@@H](n5cnc6c(N)ncnc65)C[C@@H]4OP(O)(=S)OC[C@H]3O2)c(=O)[nH]1. The second-order valence-corrected chi connectivity index (χ2v) is 16.3. The number of ether oxygens (including phenoxy) is 2. The largest absolute Gasteiger partial charge is 0.382 e. The third-order valence-electron chi connectivity index (χ3n) is 8.09. The number of fused-ring (bicyclic) bond motifs is 4. The molecule has 3 saturated heterocycles. The molecule has 4 aromatic heterocycles. The number of nitrogen functional groups attached to an aromatic ring is 1. The van der Waals surface area contributed by atoms with Crippen molar-refractivity contribution >= 4 is 60.2 Å². The van der Waals surface area contributed by atoms with Crippen LogP contribution in [0.25, 0.3) is 22.3 Å². The van der Waals surface area contributed by atoms with Gasteiger partial charge in [-0.2, -0.15) is 4.98 Å². The van der Waals surface area contributed by atoms with E-state index in [-0.39, 0.29) is 37.4 Å². The molecule has 3 aliphatic rings. The molecule has 2 unspecified atom stereocenters. The van der Waals surface area contributed by atoms with Gasteiger partial charge in [-0.1, -0.05) is 13.3 Å². The van der Waals surface area contributed by atoms with E-state index in [0.717, 1.165) is 12.8 Å². The van der Waals surface area contributed by atoms with E-state index in [1.54, 1.807) is 9.13 Å². The summed E-state index contributed by atoms with van der Waals surface area (Å²) >= 11 is 5.38. The number of aromatic amines is 1. The summed E-state index contributed by atoms with van der Waals surface area (Å²) in [7, 11) is -3.71. The quantitative estimate of drug-likeness (QED) is 0.165. The Hall–Kier alpha value is -2.90. The topological polar surface area (TPSA) is 238 Å². The maximum atomic E-state index is 13.6. The Morgan fingerprint density at radius 2 is 1.66 bits per heavy atom. The van der Waals surface area contributed by atoms with Gasteiger partial charge in [0.2, 0.25) is 5.95 Å². The number of unbranched alkanes of at least 4 members (excludes halogenated alkanes) is 1. The van der Waals surface area contributed by atoms with Crippen molar-refractivity contribution in [1.29, 1.82) is 0 Å². The first-order valence-electron chi connectivity index (χ1n) is 15.0. The van der Waals surface area contributed by atoms with Crippen LogP contribution in [0.4, 0.5) is 11.8 Å². The van der Waals surface area contributed by atoms with Crippen LogP contribution in [-0.4, -0.2) is 94.8 Å². The summed E-state index contributed by atoms with van der Waals surface area (Å²) in [6.07, 6.45) is 1.87. The Morgan fingerprint density at radius 1 is 1.00 bits per heavy atom. The van der Waals surface area contributed by atoms with E-state index < -0.39 is 56.7 Å². The van der Waals surface area contributed by atoms with Crippen molar-refractivity contribution in [2.45, 2.75) is 69.5 Å². The number of hydrogen-bond acceptors (Lipinski definition) is 16. The van der Waals surface area contributed by atoms with Crippen LogP contribution in [0.2, 0.25) is 0 Å². The molecule has 0 aromatic carbocycles. The Labute approximate surface area is 272 Å². The molecule has 0 spiro atoms. The molecule has 3 aliphatic heterocycles. The van der Waals surface area contributed by atoms with Crippen molar-refractivity contribution in [3.8, 4) is 0 Å². The van der Waals surface area contributed by atoms with E-state index >= 15 is 0 Å². The van der Waals surface area contributed by atoms with Crippen molar-refractivity contribution < 1.29 is 37.0 Å². The van der Waals surface area contributed by atoms with Gasteiger partial charge in [-0.25, -0.2) is 19.9 Å². The average Bonchev–Trinajstić information content (AvgIpc) is 3.80. The number of hydrogen-bond donors (Lipinski definition) is 4. The fraction of sp³-hybridized carbons (Fsp3) is 0.600. The third kappa shape index (κ3) is 6.72. The van der Waals surface area contributed by atoms with Crippen LogP contribution in [-0.2, 0) is 43.9 Å². The monoisotopic (exact) mass is 712 g/mol. The zero-order valence-electron chi connectivity index (χ0n) is 25.4. The number of nitrogens with two attached hydrogens (primary N) is 1. The van der Waals surface area contributed by atoms with Gasteiger partial charge in [-0.15, -0.1) is 0 Å². The maximum absolute atomic E-state index is 13.6. The predicted octanol–water partition coefficient (Wildman–Crippen LogP) is 2.19. The van der Waals surface area contributed by atoms with Crippen LogP contribution < -0.4 is 16.6 Å². The number of anilines is 2. The highest BCUT2D eigenvalue weighted by Crippen LogP contribution is 2.54. The van der Waals surface area contributed by atoms with Gasteiger partial charge in [0.25, 0.3) is 5.56 Å². The smallest absolute Gasteiger partial charge is 0.328 e. The van der Waals surface area contributed by atoms with Crippen molar-refractivity contribution in [2.24, 2.45) is 0 Å². The average molecular weight is 713 g/mol. The number of nitrogens with zero attached hydrogens (tertiary/aromatic N) is 7. The summed E-state index contributed by atoms with van der Waals surface area (Å²) in [5.41, 5.74) is 6.80. The van der Waals surface area contributed by atoms with Gasteiger partial charge in [-0.05, 0) is 18.2 Å². The molecule has 0 saturated carbocycles. The first-order chi connectivity index (χ1) is 22.5. The molecule has 0 amide bonds. The first-order valence-corrected chi connectivity index (χ1v) is 19.6. The van der Waals surface area contributed by atoms with Crippen LogP contribution in [0.5, 0.6) is 0 Å². The minimum absolute atomic E-state index is 0.130. The first kappa shape index (κ1) is 32.6. The van der Waals surface area contributed by atoms with E-state index in [0.29, 0.717) is 29.3 Å². The fourth-order valence-electron chi connectivity index (χ4n) is 5.80. The molecule has 5 N–H and O–H groups in total. The highest BCUT2D eigenvalue weighted by molar-refractivity contribution is 8.07. The number of aromatic nitrogens is 8. The molecule has 3 fully saturated rings. The lowest BCUT2D eigenvalue weighted by Crippen LogP contribution is -2.32. The predicted molar refractivity (Wildman–Crippen MR) is 170 cm³/mol. The van der Waals surface area contributed by atoms with Crippen molar-refractivity contribution in [1.82, 2.24) is 39.0 Å². The van der Waals surface area contributed by atoms with E-state index in [1.165, 1.54) is 25.6 Å². The van der Waals surface area contributed by atoms with Crippen LogP contribution in [0.1, 0.15) is 45.1 Å². The Morgan fingerprint density at radius 3 is 2.38 bits per heavy atom. The molecule has 7 heterocycles. The zero-order chi connectivity index (χ0) is 32.9. The summed E-state index contributed by atoms with van der Waals surface area (Å²) in [6.45, 7) is -0.263. The number of imidazole rings is 2. The molecule has 7 rings (SSSR count). The molecule has 254 valence electrons. The number of H-pyrrole nitrogens is 1. The van der Waals surface area contributed by atoms with E-state index in [9.17, 15) is 14.3 Å². The van der Waals surface area contributed by atoms with Crippen LogP contribution in [0, 0.1) is 0 Å². The molecule has 22 heteroatoms. The zero-order valence-corrected chi connectivity index (χ0v) is 28.0. The lowest BCUT2D eigenvalue weighted by molar-refractivity contribution is -0.0568. The third-order valence-corrected chi connectivity index (χ3v) is 11.0. The van der Waals surface area contributed by atoms with E-state index in [4.69, 9.17) is 45.1 Å². The lowest BCUT2D eigenvalue weighted by atomic mass is 10.2. The molecule has 8 atom stereocenters. The highest BCUT2D eigenvalue weighted by Gasteiger charge is 2.46. The molecule has 47 heavy (non-hydrogen) atoms. The minimum atomic E-state index is -3.86. The molecule has 0 aliphatic carbocycles. The van der Waals surface area contributed by atoms with Gasteiger partial charge in [0.15, 0.2) is 22.6 Å². The molecule has 0 bridgehead atoms. The Balaban J connectivity index is 1.11. The highest BCUT2D eigenvalue weighted by atomic mass is 32.5. The minimum Gasteiger partial charge on any atom is -0.382 e.